The third-order valence-electron chi connectivity index (χ3n) is 4.42. The number of hydrogen-bond acceptors (Lipinski definition) is 4. The molecule has 116 valence electrons. The summed E-state index contributed by atoms with van der Waals surface area (Å²) in [5, 5.41) is 3.66. The highest BCUT2D eigenvalue weighted by Gasteiger charge is 2.42. The minimum absolute atomic E-state index is 0.161. The highest BCUT2D eigenvalue weighted by Crippen LogP contribution is 2.44. The monoisotopic (exact) mass is 291 g/mol. The Morgan fingerprint density at radius 3 is 3.05 bits per heavy atom. The average Bonchev–Trinajstić information content (AvgIpc) is 2.53. The van der Waals surface area contributed by atoms with Gasteiger partial charge in [-0.2, -0.15) is 0 Å². The molecular weight excluding hydrogens is 266 g/mol. The molecule has 0 bridgehead atoms. The lowest BCUT2D eigenvalue weighted by atomic mass is 9.83. The van der Waals surface area contributed by atoms with Gasteiger partial charge in [-0.05, 0) is 44.0 Å². The van der Waals surface area contributed by atoms with Crippen LogP contribution < -0.4 is 14.8 Å². The van der Waals surface area contributed by atoms with E-state index in [1.807, 2.05) is 12.1 Å². The Kier molecular flexibility index (Phi) is 4.36. The molecule has 4 heteroatoms. The van der Waals surface area contributed by atoms with E-state index in [1.54, 1.807) is 7.11 Å². The molecular formula is C17H25NO3. The van der Waals surface area contributed by atoms with Crippen molar-refractivity contribution < 1.29 is 14.2 Å². The van der Waals surface area contributed by atoms with Gasteiger partial charge in [0.1, 0.15) is 17.1 Å². The summed E-state index contributed by atoms with van der Waals surface area (Å²) in [5.41, 5.74) is 1.05. The Labute approximate surface area is 126 Å². The predicted molar refractivity (Wildman–Crippen MR) is 82.1 cm³/mol. The Morgan fingerprint density at radius 2 is 2.33 bits per heavy atom. The fourth-order valence-corrected chi connectivity index (χ4v) is 3.34. The number of hydrogen-bond donors (Lipinski definition) is 1. The first-order valence-corrected chi connectivity index (χ1v) is 7.94. The maximum absolute atomic E-state index is 6.35. The second kappa shape index (κ2) is 6.24. The van der Waals surface area contributed by atoms with Gasteiger partial charge in [0.15, 0.2) is 0 Å². The molecule has 1 N–H and O–H groups in total. The zero-order chi connectivity index (χ0) is 14.7. The van der Waals surface area contributed by atoms with Gasteiger partial charge in [-0.1, -0.05) is 6.92 Å². The molecule has 3 rings (SSSR count). The lowest BCUT2D eigenvalue weighted by molar-refractivity contribution is -0.0855. The number of methoxy groups -OCH3 is 1. The van der Waals surface area contributed by atoms with Gasteiger partial charge in [0.25, 0.3) is 0 Å². The molecule has 0 aliphatic carbocycles. The smallest absolute Gasteiger partial charge is 0.134 e. The molecule has 1 spiro atoms. The third kappa shape index (κ3) is 3.01. The molecule has 21 heavy (non-hydrogen) atoms. The molecule has 0 amide bonds. The largest absolute Gasteiger partial charge is 0.497 e. The summed E-state index contributed by atoms with van der Waals surface area (Å²) in [5.74, 6) is 1.86. The molecule has 0 saturated carbocycles. The van der Waals surface area contributed by atoms with Gasteiger partial charge in [0.2, 0.25) is 0 Å². The van der Waals surface area contributed by atoms with Crippen molar-refractivity contribution in [3.63, 3.8) is 0 Å². The van der Waals surface area contributed by atoms with Crippen LogP contribution in [-0.4, -0.2) is 32.5 Å². The normalized spacial score (nSPS) is 28.0. The Hall–Kier alpha value is -1.26. The van der Waals surface area contributed by atoms with E-state index in [4.69, 9.17) is 14.2 Å². The highest BCUT2D eigenvalue weighted by molar-refractivity contribution is 5.44. The van der Waals surface area contributed by atoms with Crippen LogP contribution in [0.3, 0.4) is 0 Å². The molecule has 0 radical (unpaired) electrons. The molecule has 1 aromatic rings. The van der Waals surface area contributed by atoms with Crippen LogP contribution in [0.1, 0.15) is 44.2 Å². The number of ether oxygens (including phenoxy) is 3. The number of nitrogens with one attached hydrogen (secondary N) is 1. The van der Waals surface area contributed by atoms with Crippen molar-refractivity contribution in [3.8, 4) is 11.5 Å². The van der Waals surface area contributed by atoms with Crippen molar-refractivity contribution in [1.82, 2.24) is 5.32 Å². The van der Waals surface area contributed by atoms with Crippen molar-refractivity contribution in [2.75, 3.05) is 26.9 Å². The van der Waals surface area contributed by atoms with Gasteiger partial charge in [-0.15, -0.1) is 0 Å². The van der Waals surface area contributed by atoms with Crippen LogP contribution in [-0.2, 0) is 4.74 Å². The number of benzene rings is 1. The van der Waals surface area contributed by atoms with Crippen LogP contribution in [0.25, 0.3) is 0 Å². The molecule has 2 aliphatic rings. The summed E-state index contributed by atoms with van der Waals surface area (Å²) in [7, 11) is 1.70. The quantitative estimate of drug-likeness (QED) is 0.925. The molecule has 1 aromatic carbocycles. The molecule has 2 atom stereocenters. The minimum atomic E-state index is -0.161. The Bertz CT molecular complexity index is 483. The minimum Gasteiger partial charge on any atom is -0.497 e. The zero-order valence-electron chi connectivity index (χ0n) is 13.0. The van der Waals surface area contributed by atoms with E-state index in [2.05, 4.69) is 18.3 Å². The van der Waals surface area contributed by atoms with E-state index in [0.29, 0.717) is 12.6 Å². The van der Waals surface area contributed by atoms with Gasteiger partial charge in [0.05, 0.1) is 13.7 Å². The van der Waals surface area contributed by atoms with E-state index in [9.17, 15) is 0 Å². The van der Waals surface area contributed by atoms with Crippen molar-refractivity contribution in [2.24, 2.45) is 0 Å². The van der Waals surface area contributed by atoms with Crippen molar-refractivity contribution >= 4 is 0 Å². The second-order valence-corrected chi connectivity index (χ2v) is 6.06. The van der Waals surface area contributed by atoms with Crippen LogP contribution in [0.2, 0.25) is 0 Å². The first kappa shape index (κ1) is 14.7. The second-order valence-electron chi connectivity index (χ2n) is 6.06. The molecule has 1 saturated heterocycles. The first-order valence-electron chi connectivity index (χ1n) is 7.94. The van der Waals surface area contributed by atoms with Crippen LogP contribution in [0.15, 0.2) is 18.2 Å². The van der Waals surface area contributed by atoms with Crippen LogP contribution in [0, 0.1) is 0 Å². The van der Waals surface area contributed by atoms with E-state index in [-0.39, 0.29) is 5.60 Å². The SMILES string of the molecule is CCCNC1CC2(CCCOC2)Oc2ccc(OC)cc21. The van der Waals surface area contributed by atoms with Gasteiger partial charge in [0, 0.05) is 24.6 Å². The summed E-state index contributed by atoms with van der Waals surface area (Å²) >= 11 is 0. The molecule has 2 aliphatic heterocycles. The van der Waals surface area contributed by atoms with Gasteiger partial charge < -0.3 is 19.5 Å². The van der Waals surface area contributed by atoms with E-state index >= 15 is 0 Å². The number of rotatable bonds is 4. The summed E-state index contributed by atoms with van der Waals surface area (Å²) in [6, 6.07) is 6.41. The van der Waals surface area contributed by atoms with Crippen molar-refractivity contribution in [2.45, 2.75) is 44.2 Å². The highest BCUT2D eigenvalue weighted by atomic mass is 16.5. The van der Waals surface area contributed by atoms with Crippen molar-refractivity contribution in [3.05, 3.63) is 23.8 Å². The zero-order valence-corrected chi connectivity index (χ0v) is 13.0. The summed E-state index contributed by atoms with van der Waals surface area (Å²) in [6.45, 7) is 4.76. The van der Waals surface area contributed by atoms with E-state index in [1.165, 1.54) is 5.56 Å². The standard InChI is InChI=1S/C17H25NO3/c1-3-8-18-15-11-17(7-4-9-20-12-17)21-16-6-5-13(19-2)10-14(15)16/h5-6,10,15,18H,3-4,7-9,11-12H2,1-2H3. The average molecular weight is 291 g/mol. The fourth-order valence-electron chi connectivity index (χ4n) is 3.34. The molecule has 2 unspecified atom stereocenters. The first-order chi connectivity index (χ1) is 10.3. The molecule has 1 fully saturated rings. The van der Waals surface area contributed by atoms with Crippen LogP contribution in [0.5, 0.6) is 11.5 Å². The van der Waals surface area contributed by atoms with Crippen LogP contribution >= 0.6 is 0 Å². The third-order valence-corrected chi connectivity index (χ3v) is 4.42. The molecule has 2 heterocycles. The molecule has 0 aromatic heterocycles. The topological polar surface area (TPSA) is 39.7 Å². The summed E-state index contributed by atoms with van der Waals surface area (Å²) < 4.78 is 17.4. The Morgan fingerprint density at radius 1 is 1.43 bits per heavy atom. The lowest BCUT2D eigenvalue weighted by Crippen LogP contribution is -2.49. The lowest BCUT2D eigenvalue weighted by Gasteiger charge is -2.44. The molecule has 4 nitrogen and oxygen atoms in total. The van der Waals surface area contributed by atoms with Crippen molar-refractivity contribution in [1.29, 1.82) is 0 Å². The van der Waals surface area contributed by atoms with Gasteiger partial charge in [-0.3, -0.25) is 0 Å². The summed E-state index contributed by atoms with van der Waals surface area (Å²) in [6.07, 6.45) is 4.24. The van der Waals surface area contributed by atoms with E-state index < -0.39 is 0 Å². The summed E-state index contributed by atoms with van der Waals surface area (Å²) in [4.78, 5) is 0. The number of fused-ring (bicyclic) bond motifs is 1. The Balaban J connectivity index is 1.90. The maximum atomic E-state index is 6.35. The van der Waals surface area contributed by atoms with Gasteiger partial charge >= 0.3 is 0 Å². The van der Waals surface area contributed by atoms with Crippen LogP contribution in [0.4, 0.5) is 0 Å². The predicted octanol–water partition coefficient (Wildman–Crippen LogP) is 3.07. The fraction of sp³-hybridized carbons (Fsp3) is 0.647. The van der Waals surface area contributed by atoms with Gasteiger partial charge in [-0.25, -0.2) is 0 Å². The maximum Gasteiger partial charge on any atom is 0.134 e. The van der Waals surface area contributed by atoms with E-state index in [0.717, 1.165) is 50.3 Å².